The molecule has 4 heteroatoms. The van der Waals surface area contributed by atoms with E-state index < -0.39 is 0 Å². The van der Waals surface area contributed by atoms with Gasteiger partial charge in [0, 0.05) is 37.3 Å². The van der Waals surface area contributed by atoms with Gasteiger partial charge in [-0.1, -0.05) is 13.8 Å². The second kappa shape index (κ2) is 5.37. The molecular formula is C10H18ClN3. The molecule has 0 amide bonds. The maximum atomic E-state index is 6.10. The maximum Gasteiger partial charge on any atom is 0.0534 e. The molecule has 1 rings (SSSR count). The van der Waals surface area contributed by atoms with Gasteiger partial charge in [0.1, 0.15) is 0 Å². The van der Waals surface area contributed by atoms with Crippen LogP contribution in [-0.4, -0.2) is 21.7 Å². The van der Waals surface area contributed by atoms with E-state index in [1.807, 2.05) is 19.4 Å². The third-order valence-corrected chi connectivity index (χ3v) is 2.81. The van der Waals surface area contributed by atoms with Gasteiger partial charge < -0.3 is 5.32 Å². The zero-order valence-electron chi connectivity index (χ0n) is 9.00. The highest BCUT2D eigenvalue weighted by Gasteiger charge is 2.08. The number of aryl methyl sites for hydroxylation is 1. The molecule has 1 N–H and O–H groups in total. The molecule has 1 aromatic rings. The average Bonchev–Trinajstić information content (AvgIpc) is 2.51. The molecule has 0 aliphatic heterocycles. The van der Waals surface area contributed by atoms with Crippen LogP contribution >= 0.6 is 11.6 Å². The van der Waals surface area contributed by atoms with E-state index in [1.165, 1.54) is 5.56 Å². The molecule has 1 aromatic heterocycles. The summed E-state index contributed by atoms with van der Waals surface area (Å²) in [5, 5.41) is 7.60. The van der Waals surface area contributed by atoms with Gasteiger partial charge in [0.25, 0.3) is 0 Å². The lowest BCUT2D eigenvalue weighted by molar-refractivity contribution is 0.546. The zero-order chi connectivity index (χ0) is 10.6. The van der Waals surface area contributed by atoms with Crippen molar-refractivity contribution in [2.75, 3.05) is 6.54 Å². The van der Waals surface area contributed by atoms with Crippen molar-refractivity contribution in [2.24, 2.45) is 13.0 Å². The normalized spacial score (nSPS) is 13.5. The van der Waals surface area contributed by atoms with Crippen LogP contribution in [0.25, 0.3) is 0 Å². The van der Waals surface area contributed by atoms with Crippen LogP contribution in [0.3, 0.4) is 0 Å². The minimum atomic E-state index is 0.201. The Bertz CT molecular complexity index is 270. The molecule has 0 aliphatic carbocycles. The lowest BCUT2D eigenvalue weighted by Gasteiger charge is -2.13. The number of nitrogens with zero attached hydrogens (tertiary/aromatic N) is 2. The largest absolute Gasteiger partial charge is 0.311 e. The van der Waals surface area contributed by atoms with Crippen LogP contribution in [-0.2, 0) is 13.6 Å². The minimum absolute atomic E-state index is 0.201. The number of hydrogen-bond acceptors (Lipinski definition) is 2. The molecule has 0 fully saturated rings. The van der Waals surface area contributed by atoms with E-state index in [0.717, 1.165) is 13.1 Å². The molecule has 1 atom stereocenters. The van der Waals surface area contributed by atoms with Crippen molar-refractivity contribution in [3.8, 4) is 0 Å². The number of aromatic nitrogens is 2. The zero-order valence-corrected chi connectivity index (χ0v) is 9.75. The summed E-state index contributed by atoms with van der Waals surface area (Å²) in [5.74, 6) is 0.512. The van der Waals surface area contributed by atoms with Gasteiger partial charge in [-0.2, -0.15) is 5.10 Å². The summed E-state index contributed by atoms with van der Waals surface area (Å²) in [5.41, 5.74) is 1.19. The smallest absolute Gasteiger partial charge is 0.0534 e. The van der Waals surface area contributed by atoms with Crippen LogP contribution in [0.4, 0.5) is 0 Å². The Hall–Kier alpha value is -0.540. The first-order valence-corrected chi connectivity index (χ1v) is 5.35. The Morgan fingerprint density at radius 2 is 2.29 bits per heavy atom. The summed E-state index contributed by atoms with van der Waals surface area (Å²) in [7, 11) is 1.92. The number of rotatable bonds is 5. The molecule has 0 aliphatic rings. The minimum Gasteiger partial charge on any atom is -0.311 e. The average molecular weight is 216 g/mol. The van der Waals surface area contributed by atoms with Crippen LogP contribution in [0.2, 0.25) is 0 Å². The second-order valence-corrected chi connectivity index (χ2v) is 4.47. The van der Waals surface area contributed by atoms with Crippen molar-refractivity contribution >= 4 is 11.6 Å². The first kappa shape index (κ1) is 11.5. The predicted octanol–water partition coefficient (Wildman–Crippen LogP) is 1.77. The van der Waals surface area contributed by atoms with E-state index in [0.29, 0.717) is 5.92 Å². The Kier molecular flexibility index (Phi) is 4.42. The van der Waals surface area contributed by atoms with E-state index in [1.54, 1.807) is 4.68 Å². The van der Waals surface area contributed by atoms with Gasteiger partial charge in [0.05, 0.1) is 6.20 Å². The summed E-state index contributed by atoms with van der Waals surface area (Å²) in [4.78, 5) is 0. The summed E-state index contributed by atoms with van der Waals surface area (Å²) >= 11 is 6.10. The predicted molar refractivity (Wildman–Crippen MR) is 59.4 cm³/mol. The van der Waals surface area contributed by atoms with Gasteiger partial charge in [0.2, 0.25) is 0 Å². The fourth-order valence-electron chi connectivity index (χ4n) is 1.15. The van der Waals surface area contributed by atoms with Gasteiger partial charge in [-0.25, -0.2) is 0 Å². The Morgan fingerprint density at radius 3 is 2.79 bits per heavy atom. The topological polar surface area (TPSA) is 29.9 Å². The van der Waals surface area contributed by atoms with E-state index in [2.05, 4.69) is 24.3 Å². The van der Waals surface area contributed by atoms with Crippen molar-refractivity contribution in [3.05, 3.63) is 18.0 Å². The summed E-state index contributed by atoms with van der Waals surface area (Å²) in [6.45, 7) is 5.94. The first-order chi connectivity index (χ1) is 6.59. The number of hydrogen-bond donors (Lipinski definition) is 1. The highest BCUT2D eigenvalue weighted by molar-refractivity contribution is 6.20. The third kappa shape index (κ3) is 3.68. The molecule has 1 heterocycles. The number of nitrogens with one attached hydrogen (secondary N) is 1. The summed E-state index contributed by atoms with van der Waals surface area (Å²) in [6, 6.07) is 0. The second-order valence-electron chi connectivity index (χ2n) is 3.91. The highest BCUT2D eigenvalue weighted by atomic mass is 35.5. The van der Waals surface area contributed by atoms with Crippen LogP contribution in [0.15, 0.2) is 12.4 Å². The van der Waals surface area contributed by atoms with Crippen molar-refractivity contribution in [1.82, 2.24) is 15.1 Å². The Morgan fingerprint density at radius 1 is 1.57 bits per heavy atom. The van der Waals surface area contributed by atoms with E-state index in [-0.39, 0.29) is 5.38 Å². The lowest BCUT2D eigenvalue weighted by Crippen LogP contribution is -2.26. The van der Waals surface area contributed by atoms with Gasteiger partial charge in [-0.15, -0.1) is 11.6 Å². The standard InChI is InChI=1S/C10H18ClN3/c1-8(2)10(11)6-12-4-9-5-13-14(3)7-9/h5,7-8,10,12H,4,6H2,1-3H3. The van der Waals surface area contributed by atoms with Gasteiger partial charge in [0.15, 0.2) is 0 Å². The molecule has 0 radical (unpaired) electrons. The van der Waals surface area contributed by atoms with Crippen molar-refractivity contribution in [3.63, 3.8) is 0 Å². The quantitative estimate of drug-likeness (QED) is 0.759. The molecular weight excluding hydrogens is 198 g/mol. The van der Waals surface area contributed by atoms with Gasteiger partial charge in [-0.3, -0.25) is 4.68 Å². The van der Waals surface area contributed by atoms with Crippen molar-refractivity contribution in [1.29, 1.82) is 0 Å². The van der Waals surface area contributed by atoms with Crippen molar-refractivity contribution in [2.45, 2.75) is 25.8 Å². The molecule has 3 nitrogen and oxygen atoms in total. The van der Waals surface area contributed by atoms with Crippen LogP contribution in [0.1, 0.15) is 19.4 Å². The Labute approximate surface area is 90.4 Å². The third-order valence-electron chi connectivity index (χ3n) is 2.15. The lowest BCUT2D eigenvalue weighted by atomic mass is 10.1. The summed E-state index contributed by atoms with van der Waals surface area (Å²) < 4.78 is 1.80. The van der Waals surface area contributed by atoms with Crippen LogP contribution < -0.4 is 5.32 Å². The fourth-order valence-corrected chi connectivity index (χ4v) is 1.26. The Balaban J connectivity index is 2.22. The SMILES string of the molecule is CC(C)C(Cl)CNCc1cnn(C)c1. The number of halogens is 1. The molecule has 0 aromatic carbocycles. The van der Waals surface area contributed by atoms with E-state index >= 15 is 0 Å². The maximum absolute atomic E-state index is 6.10. The molecule has 0 saturated heterocycles. The van der Waals surface area contributed by atoms with Crippen LogP contribution in [0.5, 0.6) is 0 Å². The van der Waals surface area contributed by atoms with Crippen LogP contribution in [0, 0.1) is 5.92 Å². The highest BCUT2D eigenvalue weighted by Crippen LogP contribution is 2.07. The molecule has 0 saturated carbocycles. The monoisotopic (exact) mass is 215 g/mol. The van der Waals surface area contributed by atoms with E-state index in [9.17, 15) is 0 Å². The molecule has 0 bridgehead atoms. The van der Waals surface area contributed by atoms with E-state index in [4.69, 9.17) is 11.6 Å². The van der Waals surface area contributed by atoms with Gasteiger partial charge >= 0.3 is 0 Å². The fraction of sp³-hybridized carbons (Fsp3) is 0.700. The van der Waals surface area contributed by atoms with Crippen molar-refractivity contribution < 1.29 is 0 Å². The molecule has 0 spiro atoms. The first-order valence-electron chi connectivity index (χ1n) is 4.92. The molecule has 14 heavy (non-hydrogen) atoms. The van der Waals surface area contributed by atoms with Gasteiger partial charge in [-0.05, 0) is 5.92 Å². The number of alkyl halides is 1. The molecule has 1 unspecified atom stereocenters. The molecule has 80 valence electrons. The summed E-state index contributed by atoms with van der Waals surface area (Å²) in [6.07, 6.45) is 3.87.